The zero-order valence-electron chi connectivity index (χ0n) is 9.37. The van der Waals surface area contributed by atoms with Gasteiger partial charge >= 0.3 is 0 Å². The molecule has 0 spiro atoms. The van der Waals surface area contributed by atoms with Crippen molar-refractivity contribution >= 4 is 25.7 Å². The minimum absolute atomic E-state index is 0.211. The number of hydrogen-bond acceptors (Lipinski definition) is 2. The van der Waals surface area contributed by atoms with Gasteiger partial charge in [-0.1, -0.05) is 17.6 Å². The number of nitrogens with zero attached hydrogens (tertiary/aromatic N) is 1. The summed E-state index contributed by atoms with van der Waals surface area (Å²) in [6, 6.07) is 5.87. The van der Waals surface area contributed by atoms with Gasteiger partial charge in [-0.3, -0.25) is 4.99 Å². The SMILES string of the molecule is [B]c1ccc(CCC23CC2(N)C3)c(N=C)c1. The van der Waals surface area contributed by atoms with Crippen LogP contribution in [0.3, 0.4) is 0 Å². The molecule has 0 aliphatic heterocycles. The first-order valence-corrected chi connectivity index (χ1v) is 5.73. The molecular formula is C13H15BN2. The Bertz CT molecular complexity index is 461. The van der Waals surface area contributed by atoms with Gasteiger partial charge in [0.1, 0.15) is 7.85 Å². The van der Waals surface area contributed by atoms with Crippen LogP contribution in [0.4, 0.5) is 5.69 Å². The van der Waals surface area contributed by atoms with Crippen molar-refractivity contribution in [2.75, 3.05) is 0 Å². The molecule has 0 aromatic heterocycles. The summed E-state index contributed by atoms with van der Waals surface area (Å²) in [5, 5.41) is 0. The van der Waals surface area contributed by atoms with Gasteiger partial charge in [-0.05, 0) is 49.4 Å². The van der Waals surface area contributed by atoms with Crippen LogP contribution in [-0.4, -0.2) is 20.1 Å². The summed E-state index contributed by atoms with van der Waals surface area (Å²) in [6.45, 7) is 3.59. The van der Waals surface area contributed by atoms with Crippen LogP contribution in [0.15, 0.2) is 23.2 Å². The molecule has 1 aromatic rings. The predicted octanol–water partition coefficient (Wildman–Crippen LogP) is 1.24. The van der Waals surface area contributed by atoms with Crippen molar-refractivity contribution in [1.29, 1.82) is 0 Å². The molecule has 16 heavy (non-hydrogen) atoms. The van der Waals surface area contributed by atoms with E-state index in [4.69, 9.17) is 13.6 Å². The highest BCUT2D eigenvalue weighted by Crippen LogP contribution is 2.79. The molecular weight excluding hydrogens is 195 g/mol. The Balaban J connectivity index is 1.72. The molecule has 2 N–H and O–H groups in total. The maximum absolute atomic E-state index is 6.08. The lowest BCUT2D eigenvalue weighted by Crippen LogP contribution is -2.07. The van der Waals surface area contributed by atoms with Crippen molar-refractivity contribution in [2.24, 2.45) is 16.1 Å². The summed E-state index contributed by atoms with van der Waals surface area (Å²) in [5.74, 6) is 0. The summed E-state index contributed by atoms with van der Waals surface area (Å²) >= 11 is 0. The van der Waals surface area contributed by atoms with Crippen molar-refractivity contribution in [3.63, 3.8) is 0 Å². The lowest BCUT2D eigenvalue weighted by molar-refractivity contribution is 0.585. The maximum atomic E-state index is 6.08. The van der Waals surface area contributed by atoms with Crippen molar-refractivity contribution in [1.82, 2.24) is 0 Å². The van der Waals surface area contributed by atoms with Crippen molar-refractivity contribution in [3.8, 4) is 0 Å². The van der Waals surface area contributed by atoms with Gasteiger partial charge in [0.25, 0.3) is 0 Å². The van der Waals surface area contributed by atoms with Gasteiger partial charge < -0.3 is 5.73 Å². The Hall–Kier alpha value is -1.09. The third-order valence-electron chi connectivity index (χ3n) is 4.27. The zero-order chi connectivity index (χ0) is 11.4. The standard InChI is InChI=1S/C13H15BN2/c1-16-11-6-10(14)3-2-9(11)4-5-12-7-13(12,15)8-12/h2-3,6H,1,4-5,7-8,15H2. The van der Waals surface area contributed by atoms with Gasteiger partial charge in [0.2, 0.25) is 0 Å². The summed E-state index contributed by atoms with van der Waals surface area (Å²) in [6.07, 6.45) is 4.64. The maximum Gasteiger partial charge on any atom is 0.113 e. The van der Waals surface area contributed by atoms with E-state index in [2.05, 4.69) is 17.8 Å². The van der Waals surface area contributed by atoms with E-state index in [0.717, 1.165) is 17.6 Å². The molecule has 3 rings (SSSR count). The fourth-order valence-corrected chi connectivity index (χ4v) is 2.81. The molecule has 2 aliphatic carbocycles. The van der Waals surface area contributed by atoms with E-state index >= 15 is 0 Å². The second kappa shape index (κ2) is 2.98. The topological polar surface area (TPSA) is 38.4 Å². The molecule has 1 aromatic carbocycles. The van der Waals surface area contributed by atoms with E-state index in [-0.39, 0.29) is 5.54 Å². The number of benzene rings is 1. The van der Waals surface area contributed by atoms with Crippen molar-refractivity contribution in [3.05, 3.63) is 23.8 Å². The number of aryl methyl sites for hydroxylation is 1. The number of nitrogens with two attached hydrogens (primary N) is 1. The van der Waals surface area contributed by atoms with Gasteiger partial charge in [0.05, 0.1) is 5.69 Å². The second-order valence-corrected chi connectivity index (χ2v) is 5.34. The molecule has 0 unspecified atom stereocenters. The number of aliphatic imine (C=N–C) groups is 1. The van der Waals surface area contributed by atoms with E-state index in [9.17, 15) is 0 Å². The number of fused-ring (bicyclic) bond motifs is 1. The molecule has 0 amide bonds. The molecule has 2 fully saturated rings. The van der Waals surface area contributed by atoms with Crippen LogP contribution in [-0.2, 0) is 6.42 Å². The Morgan fingerprint density at radius 2 is 2.12 bits per heavy atom. The molecule has 0 atom stereocenters. The largest absolute Gasteiger partial charge is 0.325 e. The smallest absolute Gasteiger partial charge is 0.113 e. The van der Waals surface area contributed by atoms with Gasteiger partial charge in [-0.25, -0.2) is 0 Å². The average molecular weight is 210 g/mol. The van der Waals surface area contributed by atoms with Crippen LogP contribution >= 0.6 is 0 Å². The van der Waals surface area contributed by atoms with Crippen LogP contribution in [0.1, 0.15) is 24.8 Å². The third-order valence-corrected chi connectivity index (χ3v) is 4.27. The van der Waals surface area contributed by atoms with Gasteiger partial charge in [-0.15, -0.1) is 0 Å². The van der Waals surface area contributed by atoms with Crippen LogP contribution in [0.25, 0.3) is 0 Å². The molecule has 2 radical (unpaired) electrons. The molecule has 2 aliphatic rings. The quantitative estimate of drug-likeness (QED) is 0.589. The Morgan fingerprint density at radius 1 is 1.44 bits per heavy atom. The first kappa shape index (κ1) is 10.1. The highest BCUT2D eigenvalue weighted by Gasteiger charge is 2.80. The van der Waals surface area contributed by atoms with Gasteiger partial charge in [-0.2, -0.15) is 0 Å². The molecule has 3 heteroatoms. The third kappa shape index (κ3) is 1.35. The first-order valence-electron chi connectivity index (χ1n) is 5.73. The van der Waals surface area contributed by atoms with Crippen molar-refractivity contribution < 1.29 is 0 Å². The Kier molecular flexibility index (Phi) is 1.88. The summed E-state index contributed by atoms with van der Waals surface area (Å²) in [7, 11) is 5.72. The average Bonchev–Trinajstić information content (AvgIpc) is 3.00. The minimum atomic E-state index is 0.211. The summed E-state index contributed by atoms with van der Waals surface area (Å²) < 4.78 is 0. The summed E-state index contributed by atoms with van der Waals surface area (Å²) in [5.41, 5.74) is 9.67. The highest BCUT2D eigenvalue weighted by molar-refractivity contribution is 6.32. The van der Waals surface area contributed by atoms with Gasteiger partial charge in [0, 0.05) is 5.54 Å². The van der Waals surface area contributed by atoms with Crippen LogP contribution in [0.2, 0.25) is 0 Å². The Labute approximate surface area is 97.4 Å². The normalized spacial score (nSPS) is 34.3. The van der Waals surface area contributed by atoms with Gasteiger partial charge in [0.15, 0.2) is 0 Å². The molecule has 0 saturated heterocycles. The van der Waals surface area contributed by atoms with E-state index in [1.54, 1.807) is 0 Å². The Morgan fingerprint density at radius 3 is 2.69 bits per heavy atom. The minimum Gasteiger partial charge on any atom is -0.325 e. The lowest BCUT2D eigenvalue weighted by atomic mass is 9.92. The first-order chi connectivity index (χ1) is 7.59. The predicted molar refractivity (Wildman–Crippen MR) is 67.9 cm³/mol. The molecule has 2 saturated carbocycles. The van der Waals surface area contributed by atoms with E-state index in [1.165, 1.54) is 24.8 Å². The molecule has 80 valence electrons. The number of rotatable bonds is 4. The van der Waals surface area contributed by atoms with Crippen LogP contribution in [0, 0.1) is 5.41 Å². The number of hydrogen-bond donors (Lipinski definition) is 1. The van der Waals surface area contributed by atoms with Crippen LogP contribution in [0.5, 0.6) is 0 Å². The van der Waals surface area contributed by atoms with Crippen molar-refractivity contribution in [2.45, 2.75) is 31.2 Å². The zero-order valence-corrected chi connectivity index (χ0v) is 9.37. The monoisotopic (exact) mass is 210 g/mol. The van der Waals surface area contributed by atoms with E-state index in [1.807, 2.05) is 12.1 Å². The van der Waals surface area contributed by atoms with E-state index in [0.29, 0.717) is 5.41 Å². The summed E-state index contributed by atoms with van der Waals surface area (Å²) in [4.78, 5) is 4.02. The van der Waals surface area contributed by atoms with Crippen LogP contribution < -0.4 is 11.2 Å². The molecule has 0 bridgehead atoms. The fourth-order valence-electron chi connectivity index (χ4n) is 2.81. The molecule has 0 heterocycles. The highest BCUT2D eigenvalue weighted by atomic mass is 15.0. The fraction of sp³-hybridized carbons (Fsp3) is 0.462. The molecule has 2 nitrogen and oxygen atoms in total. The second-order valence-electron chi connectivity index (χ2n) is 5.34. The lowest BCUT2D eigenvalue weighted by Gasteiger charge is -2.07. The van der Waals surface area contributed by atoms with E-state index < -0.39 is 0 Å².